The molecule has 0 spiro atoms. The van der Waals surface area contributed by atoms with Crippen LogP contribution in [0.2, 0.25) is 0 Å². The highest BCUT2D eigenvalue weighted by Gasteiger charge is 2.53. The number of benzene rings is 1. The average molecular weight is 257 g/mol. The van der Waals surface area contributed by atoms with Crippen LogP contribution in [0.3, 0.4) is 0 Å². The lowest BCUT2D eigenvalue weighted by molar-refractivity contribution is 0.480. The summed E-state index contributed by atoms with van der Waals surface area (Å²) in [4.78, 5) is 0. The van der Waals surface area contributed by atoms with Gasteiger partial charge < -0.3 is 5.73 Å². The van der Waals surface area contributed by atoms with E-state index in [1.807, 2.05) is 0 Å². The van der Waals surface area contributed by atoms with Crippen LogP contribution in [0, 0.1) is 17.8 Å². The monoisotopic (exact) mass is 257 g/mol. The van der Waals surface area contributed by atoms with Gasteiger partial charge in [0.2, 0.25) is 0 Å². The summed E-state index contributed by atoms with van der Waals surface area (Å²) in [5.41, 5.74) is 9.32. The van der Waals surface area contributed by atoms with Crippen molar-refractivity contribution in [2.24, 2.45) is 23.5 Å². The van der Waals surface area contributed by atoms with Gasteiger partial charge in [-0.05, 0) is 54.1 Å². The predicted molar refractivity (Wildman–Crippen MR) is 81.0 cm³/mol. The molecule has 2 aliphatic carbocycles. The summed E-state index contributed by atoms with van der Waals surface area (Å²) in [7, 11) is 0. The second-order valence-corrected chi connectivity index (χ2v) is 6.69. The van der Waals surface area contributed by atoms with E-state index in [0.717, 1.165) is 17.8 Å². The topological polar surface area (TPSA) is 26.0 Å². The Balaban J connectivity index is 1.69. The zero-order valence-electron chi connectivity index (χ0n) is 12.3. The summed E-state index contributed by atoms with van der Waals surface area (Å²) in [6.07, 6.45) is 6.91. The van der Waals surface area contributed by atoms with E-state index < -0.39 is 0 Å². The molecule has 4 unspecified atom stereocenters. The van der Waals surface area contributed by atoms with E-state index in [-0.39, 0.29) is 6.04 Å². The molecule has 1 nitrogen and oxygen atoms in total. The maximum atomic E-state index is 6.52. The highest BCUT2D eigenvalue weighted by Crippen LogP contribution is 2.59. The molecule has 0 radical (unpaired) electrons. The highest BCUT2D eigenvalue weighted by molar-refractivity contribution is 5.29. The molecule has 0 saturated heterocycles. The summed E-state index contributed by atoms with van der Waals surface area (Å²) in [6, 6.07) is 9.40. The van der Waals surface area contributed by atoms with Gasteiger partial charge in [-0.3, -0.25) is 0 Å². The second-order valence-electron chi connectivity index (χ2n) is 6.69. The third-order valence-electron chi connectivity index (χ3n) is 5.64. The van der Waals surface area contributed by atoms with Crippen molar-refractivity contribution in [2.45, 2.75) is 57.9 Å². The number of nitrogens with two attached hydrogens (primary N) is 1. The van der Waals surface area contributed by atoms with Crippen molar-refractivity contribution in [3.05, 3.63) is 35.4 Å². The van der Waals surface area contributed by atoms with E-state index in [1.165, 1.54) is 43.2 Å². The third kappa shape index (κ3) is 2.45. The Bertz CT molecular complexity index is 410. The van der Waals surface area contributed by atoms with Gasteiger partial charge in [0.25, 0.3) is 0 Å². The second kappa shape index (κ2) is 5.28. The zero-order valence-corrected chi connectivity index (χ0v) is 12.3. The Kier molecular flexibility index (Phi) is 3.66. The van der Waals surface area contributed by atoms with Crippen molar-refractivity contribution >= 4 is 0 Å². The van der Waals surface area contributed by atoms with E-state index in [0.29, 0.717) is 5.92 Å². The van der Waals surface area contributed by atoms with Crippen molar-refractivity contribution in [1.29, 1.82) is 0 Å². The quantitative estimate of drug-likeness (QED) is 0.835. The molecule has 0 aromatic heterocycles. The van der Waals surface area contributed by atoms with Gasteiger partial charge in [0, 0.05) is 6.04 Å². The summed E-state index contributed by atoms with van der Waals surface area (Å²) in [5, 5.41) is 0. The van der Waals surface area contributed by atoms with E-state index in [1.54, 1.807) is 0 Å². The van der Waals surface area contributed by atoms with Crippen LogP contribution in [-0.4, -0.2) is 0 Å². The lowest BCUT2D eigenvalue weighted by atomic mass is 9.94. The summed E-state index contributed by atoms with van der Waals surface area (Å²) in [5.74, 6) is 3.32. The van der Waals surface area contributed by atoms with E-state index in [4.69, 9.17) is 5.73 Å². The largest absolute Gasteiger partial charge is 0.324 e. The Hall–Kier alpha value is -0.820. The Morgan fingerprint density at radius 3 is 2.11 bits per heavy atom. The van der Waals surface area contributed by atoms with Crippen molar-refractivity contribution in [2.75, 3.05) is 0 Å². The first-order chi connectivity index (χ1) is 9.22. The molecule has 19 heavy (non-hydrogen) atoms. The molecular weight excluding hydrogens is 230 g/mol. The van der Waals surface area contributed by atoms with Crippen LogP contribution in [0.4, 0.5) is 0 Å². The first-order valence-electron chi connectivity index (χ1n) is 8.07. The van der Waals surface area contributed by atoms with Gasteiger partial charge >= 0.3 is 0 Å². The SMILES string of the molecule is CCC(C)c1ccc(C(N)C2C3CCCCC32)cc1. The summed E-state index contributed by atoms with van der Waals surface area (Å²) >= 11 is 0. The lowest BCUT2D eigenvalue weighted by Gasteiger charge is -2.14. The molecule has 104 valence electrons. The van der Waals surface area contributed by atoms with Crippen LogP contribution in [-0.2, 0) is 0 Å². The first kappa shape index (κ1) is 13.2. The van der Waals surface area contributed by atoms with Gasteiger partial charge in [0.15, 0.2) is 0 Å². The lowest BCUT2D eigenvalue weighted by Crippen LogP contribution is -2.14. The molecule has 1 aromatic carbocycles. The minimum absolute atomic E-state index is 0.277. The third-order valence-corrected chi connectivity index (χ3v) is 5.64. The molecule has 2 saturated carbocycles. The molecule has 0 amide bonds. The number of fused-ring (bicyclic) bond motifs is 1. The fraction of sp³-hybridized carbons (Fsp3) is 0.667. The van der Waals surface area contributed by atoms with Crippen LogP contribution in [0.25, 0.3) is 0 Å². The Morgan fingerprint density at radius 2 is 1.58 bits per heavy atom. The average Bonchev–Trinajstić information content (AvgIpc) is 3.20. The van der Waals surface area contributed by atoms with Crippen LogP contribution in [0.15, 0.2) is 24.3 Å². The zero-order chi connectivity index (χ0) is 13.4. The van der Waals surface area contributed by atoms with Gasteiger partial charge in [0.1, 0.15) is 0 Å². The minimum atomic E-state index is 0.277. The van der Waals surface area contributed by atoms with E-state index >= 15 is 0 Å². The standard InChI is InChI=1S/C18H27N/c1-3-12(2)13-8-10-14(11-9-13)18(19)17-15-6-4-5-7-16(15)17/h8-12,15-18H,3-7,19H2,1-2H3. The fourth-order valence-electron chi connectivity index (χ4n) is 4.09. The van der Waals surface area contributed by atoms with Gasteiger partial charge in [-0.15, -0.1) is 0 Å². The normalized spacial score (nSPS) is 32.5. The maximum Gasteiger partial charge on any atom is 0.0329 e. The molecule has 0 heterocycles. The van der Waals surface area contributed by atoms with Crippen LogP contribution < -0.4 is 5.73 Å². The van der Waals surface area contributed by atoms with Gasteiger partial charge in [0.05, 0.1) is 0 Å². The molecule has 4 atom stereocenters. The number of rotatable bonds is 4. The minimum Gasteiger partial charge on any atom is -0.324 e. The molecule has 0 aliphatic heterocycles. The Morgan fingerprint density at radius 1 is 1.05 bits per heavy atom. The van der Waals surface area contributed by atoms with Crippen molar-refractivity contribution in [3.8, 4) is 0 Å². The van der Waals surface area contributed by atoms with Crippen molar-refractivity contribution in [1.82, 2.24) is 0 Å². The van der Waals surface area contributed by atoms with Crippen LogP contribution >= 0.6 is 0 Å². The molecule has 1 heteroatoms. The van der Waals surface area contributed by atoms with Crippen molar-refractivity contribution in [3.63, 3.8) is 0 Å². The molecule has 2 fully saturated rings. The predicted octanol–water partition coefficient (Wildman–Crippen LogP) is 4.64. The van der Waals surface area contributed by atoms with Gasteiger partial charge in [-0.1, -0.05) is 51.0 Å². The molecule has 2 aliphatic rings. The molecule has 0 bridgehead atoms. The van der Waals surface area contributed by atoms with Gasteiger partial charge in [-0.2, -0.15) is 0 Å². The van der Waals surface area contributed by atoms with E-state index in [9.17, 15) is 0 Å². The molecule has 2 N–H and O–H groups in total. The Labute approximate surface area is 117 Å². The number of hydrogen-bond donors (Lipinski definition) is 1. The summed E-state index contributed by atoms with van der Waals surface area (Å²) < 4.78 is 0. The maximum absolute atomic E-state index is 6.52. The van der Waals surface area contributed by atoms with Crippen LogP contribution in [0.5, 0.6) is 0 Å². The molecule has 3 rings (SSSR count). The van der Waals surface area contributed by atoms with Crippen molar-refractivity contribution < 1.29 is 0 Å². The fourth-order valence-corrected chi connectivity index (χ4v) is 4.09. The highest BCUT2D eigenvalue weighted by atomic mass is 14.7. The van der Waals surface area contributed by atoms with E-state index in [2.05, 4.69) is 38.1 Å². The smallest absolute Gasteiger partial charge is 0.0329 e. The van der Waals surface area contributed by atoms with Crippen LogP contribution in [0.1, 0.15) is 69.0 Å². The molecular formula is C18H27N. The molecule has 1 aromatic rings. The van der Waals surface area contributed by atoms with Gasteiger partial charge in [-0.25, -0.2) is 0 Å². The summed E-state index contributed by atoms with van der Waals surface area (Å²) in [6.45, 7) is 4.55. The number of hydrogen-bond acceptors (Lipinski definition) is 1. The first-order valence-corrected chi connectivity index (χ1v) is 8.07.